The van der Waals surface area contributed by atoms with E-state index in [0.717, 1.165) is 4.90 Å². The zero-order valence-electron chi connectivity index (χ0n) is 34.8. The van der Waals surface area contributed by atoms with Gasteiger partial charge in [0.15, 0.2) is 6.73 Å². The number of primary amides is 1. The van der Waals surface area contributed by atoms with Gasteiger partial charge in [-0.3, -0.25) is 32.9 Å². The van der Waals surface area contributed by atoms with E-state index in [1.54, 1.807) is 90.1 Å². The topological polar surface area (TPSA) is 176 Å². The van der Waals surface area contributed by atoms with Crippen molar-refractivity contribution in [3.8, 4) is 0 Å². The van der Waals surface area contributed by atoms with Gasteiger partial charge in [0.05, 0.1) is 34.8 Å². The van der Waals surface area contributed by atoms with Crippen molar-refractivity contribution in [1.29, 1.82) is 0 Å². The first kappa shape index (κ1) is 49.6. The van der Waals surface area contributed by atoms with Crippen molar-refractivity contribution in [1.82, 2.24) is 5.32 Å². The van der Waals surface area contributed by atoms with Gasteiger partial charge in [-0.1, -0.05) is 60.7 Å². The number of benzodiazepines with no additional fused rings is 1. The predicted molar refractivity (Wildman–Crippen MR) is 215 cm³/mol. The van der Waals surface area contributed by atoms with Crippen LogP contribution in [0.25, 0.3) is 0 Å². The van der Waals surface area contributed by atoms with Crippen LogP contribution in [0.4, 0.5) is 32.0 Å². The first-order valence-electron chi connectivity index (χ1n) is 19.3. The lowest BCUT2D eigenvalue weighted by atomic mass is 9.83. The molecule has 0 aromatic heterocycles. The summed E-state index contributed by atoms with van der Waals surface area (Å²) < 4.78 is 116. The largest absolute Gasteiger partial charge is 0.476 e. The van der Waals surface area contributed by atoms with Crippen LogP contribution in [-0.4, -0.2) is 65.9 Å². The van der Waals surface area contributed by atoms with E-state index in [-0.39, 0.29) is 23.6 Å². The molecule has 3 aromatic carbocycles. The first-order chi connectivity index (χ1) is 28.6. The van der Waals surface area contributed by atoms with Crippen molar-refractivity contribution in [2.24, 2.45) is 22.6 Å². The Kier molecular flexibility index (Phi) is 15.9. The van der Waals surface area contributed by atoms with Gasteiger partial charge in [0, 0.05) is 35.8 Å². The molecule has 0 fully saturated rings. The number of carbonyl (C=O) groups excluding carboxylic acids is 4. The molecule has 3 amide bonds. The summed E-state index contributed by atoms with van der Waals surface area (Å²) in [4.78, 5) is 59.5. The summed E-state index contributed by atoms with van der Waals surface area (Å²) in [6, 6.07) is 20.3. The summed E-state index contributed by atoms with van der Waals surface area (Å²) in [6.45, 7) is 9.10. The van der Waals surface area contributed by atoms with Crippen LogP contribution in [0.3, 0.4) is 0 Å². The molecule has 0 saturated heterocycles. The van der Waals surface area contributed by atoms with Crippen LogP contribution in [0.1, 0.15) is 94.3 Å². The third kappa shape index (κ3) is 15.1. The lowest BCUT2D eigenvalue weighted by molar-refractivity contribution is -0.152. The van der Waals surface area contributed by atoms with E-state index in [0.29, 0.717) is 16.7 Å². The number of esters is 1. The molecule has 0 saturated carbocycles. The molecule has 3 atom stereocenters. The normalized spacial score (nSPS) is 16.1. The molecule has 13 nitrogen and oxygen atoms in total. The summed E-state index contributed by atoms with van der Waals surface area (Å²) >= 11 is 0. The number of amides is 3. The van der Waals surface area contributed by atoms with Crippen LogP contribution in [-0.2, 0) is 43.9 Å². The van der Waals surface area contributed by atoms with Crippen LogP contribution >= 0.6 is 7.82 Å². The number of nitrogens with one attached hydrogen (secondary N) is 1. The van der Waals surface area contributed by atoms with Crippen molar-refractivity contribution < 1.29 is 68.4 Å². The highest BCUT2D eigenvalue weighted by molar-refractivity contribution is 7.48. The highest BCUT2D eigenvalue weighted by Crippen LogP contribution is 2.56. The number of alkyl halides is 6. The zero-order chi connectivity index (χ0) is 46.3. The number of ether oxygens (including phenoxy) is 1. The van der Waals surface area contributed by atoms with Crippen molar-refractivity contribution in [2.75, 3.05) is 11.6 Å². The molecule has 1 aliphatic rings. The fourth-order valence-corrected chi connectivity index (χ4v) is 8.05. The van der Waals surface area contributed by atoms with Crippen LogP contribution in [0.5, 0.6) is 0 Å². The van der Waals surface area contributed by atoms with Crippen molar-refractivity contribution in [3.63, 3.8) is 0 Å². The minimum absolute atomic E-state index is 0.0132. The van der Waals surface area contributed by atoms with Gasteiger partial charge in [-0.05, 0) is 78.1 Å². The number of phosphoric acid groups is 1. The number of phosphoric ester groups is 1. The Morgan fingerprint density at radius 3 is 1.85 bits per heavy atom. The predicted octanol–water partition coefficient (Wildman–Crippen LogP) is 8.79. The Morgan fingerprint density at radius 2 is 1.32 bits per heavy atom. The molecule has 0 radical (unpaired) electrons. The number of hydrogen-bond acceptors (Lipinski definition) is 10. The van der Waals surface area contributed by atoms with Gasteiger partial charge in [-0.25, -0.2) is 14.4 Å². The summed E-state index contributed by atoms with van der Waals surface area (Å²) in [5.41, 5.74) is 5.08. The number of rotatable bonds is 17. The zero-order valence-corrected chi connectivity index (χ0v) is 35.7. The van der Waals surface area contributed by atoms with Crippen molar-refractivity contribution >= 4 is 42.9 Å². The molecule has 0 unspecified atom stereocenters. The minimum Gasteiger partial charge on any atom is -0.440 e. The Balaban J connectivity index is 1.63. The van der Waals surface area contributed by atoms with E-state index in [1.807, 2.05) is 0 Å². The van der Waals surface area contributed by atoms with Gasteiger partial charge in [0.2, 0.25) is 18.0 Å². The molecule has 3 aromatic rings. The molecule has 62 heavy (non-hydrogen) atoms. The van der Waals surface area contributed by atoms with Crippen molar-refractivity contribution in [2.45, 2.75) is 104 Å². The maximum atomic E-state index is 14.4. The summed E-state index contributed by atoms with van der Waals surface area (Å²) in [7, 11) is -4.07. The van der Waals surface area contributed by atoms with Gasteiger partial charge in [-0.2, -0.15) is 26.3 Å². The molecule has 4 rings (SSSR count). The summed E-state index contributed by atoms with van der Waals surface area (Å²) in [5.74, 6) is -8.83. The molecule has 3 N–H and O–H groups in total. The van der Waals surface area contributed by atoms with Crippen LogP contribution in [0, 0.1) is 11.8 Å². The molecule has 1 aliphatic heterocycles. The number of halogens is 6. The quantitative estimate of drug-likeness (QED) is 0.0762. The van der Waals surface area contributed by atoms with E-state index >= 15 is 0 Å². The number of hydrogen-bond donors (Lipinski definition) is 2. The molecular formula is C42H49F6N4O9P. The summed E-state index contributed by atoms with van der Waals surface area (Å²) in [5, 5.41) is 2.25. The average molecular weight is 899 g/mol. The second-order valence-corrected chi connectivity index (χ2v) is 17.9. The third-order valence-corrected chi connectivity index (χ3v) is 10.9. The van der Waals surface area contributed by atoms with Crippen LogP contribution in [0.15, 0.2) is 83.9 Å². The number of fused-ring (bicyclic) bond motifs is 1. The number of para-hydroxylation sites is 1. The Morgan fingerprint density at radius 1 is 0.790 bits per heavy atom. The first-order valence-corrected chi connectivity index (χ1v) is 20.8. The molecular weight excluding hydrogens is 849 g/mol. The smallest absolute Gasteiger partial charge is 0.440 e. The molecule has 0 spiro atoms. The fourth-order valence-electron chi connectivity index (χ4n) is 6.26. The molecule has 338 valence electrons. The van der Waals surface area contributed by atoms with Gasteiger partial charge >= 0.3 is 26.1 Å². The third-order valence-electron chi connectivity index (χ3n) is 8.87. The van der Waals surface area contributed by atoms with Gasteiger partial charge < -0.3 is 15.8 Å². The Bertz CT molecular complexity index is 2120. The SMILES string of the molecule is CC(C)(C)OP(=O)(OCc1ccc(C(=O)OCN2C(=O)[C@@H](NC(=O)[C@H](CCC(F)(F)F)[C@H](CCC(F)(F)F)C(N)=O)N=C(c3ccccc3)c3ccccc32)cc1)OC(C)(C)C. The number of nitrogens with zero attached hydrogens (tertiary/aromatic N) is 2. The molecule has 0 bridgehead atoms. The number of benzene rings is 3. The summed E-state index contributed by atoms with van der Waals surface area (Å²) in [6.07, 6.45) is -17.2. The number of aliphatic imine (C=N–C) groups is 1. The maximum Gasteiger partial charge on any atom is 0.476 e. The van der Waals surface area contributed by atoms with Crippen molar-refractivity contribution in [3.05, 3.63) is 101 Å². The minimum atomic E-state index is -4.87. The highest BCUT2D eigenvalue weighted by atomic mass is 31.2. The van der Waals surface area contributed by atoms with Gasteiger partial charge in [-0.15, -0.1) is 0 Å². The van der Waals surface area contributed by atoms with Gasteiger partial charge in [0.1, 0.15) is 0 Å². The molecule has 1 heterocycles. The standard InChI is InChI=1S/C42H49F6N4O9P/c1-39(2,3)60-62(57,61-40(4,5)6)59-24-26-16-18-28(19-17-26)38(56)58-25-52-32-15-11-10-14-31(32)33(27-12-8-7-9-13-27)50-35(37(52)55)51-36(54)30(21-23-42(46,47)48)29(34(49)53)20-22-41(43,44)45/h7-19,29-30,35H,20-25H2,1-6H3,(H2,49,53)(H,51,54)/t29-,30+,35+/m0/s1. The Hall–Kier alpha value is -5.10. The average Bonchev–Trinajstić information content (AvgIpc) is 3.26. The van der Waals surface area contributed by atoms with E-state index < -0.39 is 105 Å². The monoisotopic (exact) mass is 898 g/mol. The van der Waals surface area contributed by atoms with E-state index in [1.165, 1.54) is 30.3 Å². The van der Waals surface area contributed by atoms with Gasteiger partial charge in [0.25, 0.3) is 5.91 Å². The second kappa shape index (κ2) is 19.9. The van der Waals surface area contributed by atoms with Crippen LogP contribution in [0.2, 0.25) is 0 Å². The van der Waals surface area contributed by atoms with Crippen LogP contribution < -0.4 is 16.0 Å². The lowest BCUT2D eigenvalue weighted by Crippen LogP contribution is -2.51. The second-order valence-electron chi connectivity index (χ2n) is 16.3. The Labute approximate surface area is 354 Å². The van der Waals surface area contributed by atoms with E-state index in [4.69, 9.17) is 24.0 Å². The maximum absolute atomic E-state index is 14.4. The van der Waals surface area contributed by atoms with E-state index in [2.05, 4.69) is 10.3 Å². The molecule has 20 heteroatoms. The number of carbonyl (C=O) groups is 4. The fraction of sp³-hybridized carbons (Fsp3) is 0.452. The number of nitrogens with two attached hydrogens (primary N) is 1. The van der Waals surface area contributed by atoms with E-state index in [9.17, 15) is 50.1 Å². The lowest BCUT2D eigenvalue weighted by Gasteiger charge is -2.30. The molecule has 0 aliphatic carbocycles. The highest BCUT2D eigenvalue weighted by Gasteiger charge is 2.42. The number of anilines is 1.